The van der Waals surface area contributed by atoms with Crippen molar-refractivity contribution in [3.63, 3.8) is 0 Å². The molecule has 3 rings (SSSR count). The highest BCUT2D eigenvalue weighted by atomic mass is 32.2. The number of hydrogen-bond donors (Lipinski definition) is 0. The minimum Gasteiger partial charge on any atom is -0.131 e. The van der Waals surface area contributed by atoms with Gasteiger partial charge < -0.3 is 0 Å². The van der Waals surface area contributed by atoms with E-state index in [4.69, 9.17) is 0 Å². The van der Waals surface area contributed by atoms with Crippen LogP contribution in [0.25, 0.3) is 0 Å². The molecule has 0 bridgehead atoms. The molecular weight excluding hydrogens is 340 g/mol. The Hall–Kier alpha value is -1.30. The lowest BCUT2D eigenvalue weighted by molar-refractivity contribution is 0.954. The third-order valence-electron chi connectivity index (χ3n) is 3.28. The molecule has 0 unspecified atom stereocenters. The number of thioether (sulfide) groups is 2. The minimum atomic E-state index is 0.943. The molecule has 0 saturated heterocycles. The molecule has 118 valence electrons. The predicted octanol–water partition coefficient (Wildman–Crippen LogP) is 5.74. The van der Waals surface area contributed by atoms with E-state index in [0.717, 1.165) is 20.2 Å². The summed E-state index contributed by atoms with van der Waals surface area (Å²) in [6, 6.07) is 17.2. The van der Waals surface area contributed by atoms with Gasteiger partial charge in [-0.15, -0.1) is 10.2 Å². The fraction of sp³-hybridized carbons (Fsp3) is 0.222. The molecule has 0 spiro atoms. The average Bonchev–Trinajstić information content (AvgIpc) is 2.99. The summed E-state index contributed by atoms with van der Waals surface area (Å²) in [4.78, 5) is 0. The van der Waals surface area contributed by atoms with Crippen molar-refractivity contribution in [3.05, 3.63) is 70.8 Å². The molecule has 0 amide bonds. The van der Waals surface area contributed by atoms with Crippen LogP contribution < -0.4 is 0 Å². The van der Waals surface area contributed by atoms with Crippen molar-refractivity contribution in [2.75, 3.05) is 0 Å². The van der Waals surface area contributed by atoms with Crippen molar-refractivity contribution < 1.29 is 0 Å². The molecule has 2 nitrogen and oxygen atoms in total. The van der Waals surface area contributed by atoms with Gasteiger partial charge in [0.25, 0.3) is 0 Å². The van der Waals surface area contributed by atoms with Crippen LogP contribution in [0, 0.1) is 13.8 Å². The molecule has 0 aliphatic carbocycles. The van der Waals surface area contributed by atoms with Gasteiger partial charge in [-0.25, -0.2) is 0 Å². The summed E-state index contributed by atoms with van der Waals surface area (Å²) in [6.45, 7) is 4.25. The summed E-state index contributed by atoms with van der Waals surface area (Å²) in [5, 5.41) is 8.59. The lowest BCUT2D eigenvalue weighted by Crippen LogP contribution is -1.82. The maximum atomic E-state index is 4.29. The number of benzene rings is 2. The molecule has 0 aliphatic rings. The SMILES string of the molecule is Cc1cccc(CSc2nnc(SCc3cccc(C)c3)s2)c1. The minimum absolute atomic E-state index is 0.943. The van der Waals surface area contributed by atoms with Crippen molar-refractivity contribution >= 4 is 34.9 Å². The second-order valence-corrected chi connectivity index (χ2v) is 8.81. The third-order valence-corrected chi connectivity index (χ3v) is 6.61. The van der Waals surface area contributed by atoms with Crippen LogP contribution in [0.2, 0.25) is 0 Å². The maximum Gasteiger partial charge on any atom is 0.175 e. The molecule has 2 aromatic carbocycles. The van der Waals surface area contributed by atoms with Crippen molar-refractivity contribution in [1.29, 1.82) is 0 Å². The Balaban J connectivity index is 1.53. The molecule has 0 radical (unpaired) electrons. The van der Waals surface area contributed by atoms with Crippen LogP contribution in [-0.4, -0.2) is 10.2 Å². The second-order valence-electron chi connectivity index (χ2n) is 5.39. The maximum absolute atomic E-state index is 4.29. The molecular formula is C18H18N2S3. The predicted molar refractivity (Wildman–Crippen MR) is 101 cm³/mol. The number of aryl methyl sites for hydroxylation is 2. The molecule has 0 aliphatic heterocycles. The normalized spacial score (nSPS) is 10.9. The van der Waals surface area contributed by atoms with Crippen molar-refractivity contribution in [2.24, 2.45) is 0 Å². The molecule has 5 heteroatoms. The van der Waals surface area contributed by atoms with Crippen molar-refractivity contribution in [1.82, 2.24) is 10.2 Å². The lowest BCUT2D eigenvalue weighted by atomic mass is 10.2. The van der Waals surface area contributed by atoms with Crippen molar-refractivity contribution in [2.45, 2.75) is 34.0 Å². The number of aromatic nitrogens is 2. The van der Waals surface area contributed by atoms with Crippen LogP contribution in [0.1, 0.15) is 22.3 Å². The molecule has 23 heavy (non-hydrogen) atoms. The van der Waals surface area contributed by atoms with Gasteiger partial charge in [-0.3, -0.25) is 0 Å². The average molecular weight is 359 g/mol. The Morgan fingerprint density at radius 3 is 1.70 bits per heavy atom. The van der Waals surface area contributed by atoms with Crippen LogP contribution in [0.5, 0.6) is 0 Å². The Morgan fingerprint density at radius 1 is 0.783 bits per heavy atom. The van der Waals surface area contributed by atoms with Gasteiger partial charge in [-0.1, -0.05) is 94.5 Å². The highest BCUT2D eigenvalue weighted by Gasteiger charge is 2.06. The van der Waals surface area contributed by atoms with Gasteiger partial charge in [0.05, 0.1) is 0 Å². The zero-order valence-corrected chi connectivity index (χ0v) is 15.6. The Labute approximate surface area is 149 Å². The van der Waals surface area contributed by atoms with Gasteiger partial charge in [-0.2, -0.15) is 0 Å². The Morgan fingerprint density at radius 2 is 1.26 bits per heavy atom. The standard InChI is InChI=1S/C18H18N2S3/c1-13-5-3-7-15(9-13)11-21-17-19-20-18(23-17)22-12-16-8-4-6-14(2)10-16/h3-10H,11-12H2,1-2H3. The fourth-order valence-electron chi connectivity index (χ4n) is 2.21. The smallest absolute Gasteiger partial charge is 0.131 e. The fourth-order valence-corrected chi connectivity index (χ4v) is 5.11. The van der Waals surface area contributed by atoms with Crippen LogP contribution in [0.15, 0.2) is 57.2 Å². The Bertz CT molecular complexity index is 719. The van der Waals surface area contributed by atoms with Gasteiger partial charge in [0, 0.05) is 11.5 Å². The molecule has 0 saturated carbocycles. The van der Waals surface area contributed by atoms with Gasteiger partial charge in [-0.05, 0) is 25.0 Å². The number of hydrogen-bond acceptors (Lipinski definition) is 5. The first kappa shape index (κ1) is 16.6. The van der Waals surface area contributed by atoms with E-state index in [-0.39, 0.29) is 0 Å². The molecule has 1 heterocycles. The quantitative estimate of drug-likeness (QED) is 0.525. The summed E-state index contributed by atoms with van der Waals surface area (Å²) in [6.07, 6.45) is 0. The molecule has 0 atom stereocenters. The van der Waals surface area contributed by atoms with Gasteiger partial charge in [0.1, 0.15) is 0 Å². The summed E-state index contributed by atoms with van der Waals surface area (Å²) < 4.78 is 2.08. The van der Waals surface area contributed by atoms with E-state index in [1.165, 1.54) is 22.3 Å². The molecule has 0 fully saturated rings. The molecule has 1 aromatic heterocycles. The van der Waals surface area contributed by atoms with E-state index in [9.17, 15) is 0 Å². The highest BCUT2D eigenvalue weighted by molar-refractivity contribution is 8.02. The largest absolute Gasteiger partial charge is 0.175 e. The zero-order valence-electron chi connectivity index (χ0n) is 13.2. The second kappa shape index (κ2) is 7.99. The first-order chi connectivity index (χ1) is 11.2. The Kier molecular flexibility index (Phi) is 5.75. The molecule has 3 aromatic rings. The van der Waals surface area contributed by atoms with E-state index in [1.54, 1.807) is 34.9 Å². The summed E-state index contributed by atoms with van der Waals surface area (Å²) in [7, 11) is 0. The van der Waals surface area contributed by atoms with E-state index in [0.29, 0.717) is 0 Å². The lowest BCUT2D eigenvalue weighted by Gasteiger charge is -2.00. The van der Waals surface area contributed by atoms with Crippen LogP contribution >= 0.6 is 34.9 Å². The van der Waals surface area contributed by atoms with Gasteiger partial charge in [0.15, 0.2) is 8.68 Å². The number of rotatable bonds is 6. The topological polar surface area (TPSA) is 25.8 Å². The van der Waals surface area contributed by atoms with E-state index in [2.05, 4.69) is 72.6 Å². The van der Waals surface area contributed by atoms with Crippen LogP contribution in [0.3, 0.4) is 0 Å². The van der Waals surface area contributed by atoms with Gasteiger partial charge in [0.2, 0.25) is 0 Å². The highest BCUT2D eigenvalue weighted by Crippen LogP contribution is 2.32. The third kappa shape index (κ3) is 5.09. The number of nitrogens with zero attached hydrogens (tertiary/aromatic N) is 2. The summed E-state index contributed by atoms with van der Waals surface area (Å²) >= 11 is 5.20. The van der Waals surface area contributed by atoms with E-state index >= 15 is 0 Å². The van der Waals surface area contributed by atoms with E-state index < -0.39 is 0 Å². The van der Waals surface area contributed by atoms with Gasteiger partial charge >= 0.3 is 0 Å². The van der Waals surface area contributed by atoms with Crippen molar-refractivity contribution in [3.8, 4) is 0 Å². The first-order valence-electron chi connectivity index (χ1n) is 7.39. The molecule has 0 N–H and O–H groups in total. The first-order valence-corrected chi connectivity index (χ1v) is 10.2. The zero-order chi connectivity index (χ0) is 16.1. The van der Waals surface area contributed by atoms with Crippen LogP contribution in [0.4, 0.5) is 0 Å². The van der Waals surface area contributed by atoms with E-state index in [1.807, 2.05) is 0 Å². The monoisotopic (exact) mass is 358 g/mol. The summed E-state index contributed by atoms with van der Waals surface area (Å²) in [5.74, 6) is 1.89. The summed E-state index contributed by atoms with van der Waals surface area (Å²) in [5.41, 5.74) is 5.27. The van der Waals surface area contributed by atoms with Crippen LogP contribution in [-0.2, 0) is 11.5 Å².